The second-order valence-electron chi connectivity index (χ2n) is 33.3. The predicted molar refractivity (Wildman–Crippen MR) is 467 cm³/mol. The Hall–Kier alpha value is -9.35. The highest BCUT2D eigenvalue weighted by atomic mass is 16.7. The monoisotopic (exact) mass is 1780 g/mol. The van der Waals surface area contributed by atoms with Gasteiger partial charge in [0, 0.05) is 120 Å². The summed E-state index contributed by atoms with van der Waals surface area (Å²) in [7, 11) is 3.21. The molecule has 4 amide bonds. The molecular weight excluding hydrogens is 1650 g/mol. The summed E-state index contributed by atoms with van der Waals surface area (Å²) in [6, 6.07) is 28.8. The summed E-state index contributed by atoms with van der Waals surface area (Å²) >= 11 is 0. The molecule has 0 bridgehead atoms. The van der Waals surface area contributed by atoms with Gasteiger partial charge >= 0.3 is 29.8 Å². The molecule has 3 fully saturated rings. The van der Waals surface area contributed by atoms with Crippen LogP contribution in [0.15, 0.2) is 97.1 Å². The molecule has 2 aliphatic heterocycles. The van der Waals surface area contributed by atoms with Crippen LogP contribution in [0, 0.1) is 28.6 Å². The van der Waals surface area contributed by atoms with Crippen molar-refractivity contribution in [2.24, 2.45) is 28.6 Å². The molecule has 32 heteroatoms. The number of nitrogens with zero attached hydrogens (tertiary/aromatic N) is 1. The molecule has 0 aromatic heterocycles. The van der Waals surface area contributed by atoms with E-state index >= 15 is 0 Å². The number of hydrogen-bond acceptors (Lipinski definition) is 27. The Kier molecular flexibility index (Phi) is 45.2. The second kappa shape index (κ2) is 54.9. The summed E-state index contributed by atoms with van der Waals surface area (Å²) < 4.78 is 93.7. The molecule has 2 saturated heterocycles. The highest BCUT2D eigenvalue weighted by Crippen LogP contribution is 2.51. The average Bonchev–Trinajstić information content (AvgIpc) is 1.69. The number of carboxylic acid groups (broad SMARTS) is 1. The molecule has 0 radical (unpaired) electrons. The number of carboxylic acids is 1. The van der Waals surface area contributed by atoms with Crippen molar-refractivity contribution >= 4 is 70.7 Å². The molecule has 32 nitrogen and oxygen atoms in total. The zero-order valence-electron chi connectivity index (χ0n) is 76.2. The van der Waals surface area contributed by atoms with E-state index < -0.39 is 88.7 Å². The molecule has 3 aliphatic rings. The van der Waals surface area contributed by atoms with E-state index in [9.17, 15) is 57.8 Å². The van der Waals surface area contributed by atoms with E-state index in [1.54, 1.807) is 32.4 Å². The summed E-state index contributed by atoms with van der Waals surface area (Å²) in [4.78, 5) is 143. The lowest BCUT2D eigenvalue weighted by Gasteiger charge is -2.45. The zero-order valence-corrected chi connectivity index (χ0v) is 76.2. The number of methoxy groups -OCH3 is 2. The van der Waals surface area contributed by atoms with Gasteiger partial charge in [0.05, 0.1) is 150 Å². The van der Waals surface area contributed by atoms with Gasteiger partial charge < -0.3 is 102 Å². The summed E-state index contributed by atoms with van der Waals surface area (Å²) in [5, 5.41) is 18.1. The van der Waals surface area contributed by atoms with Crippen LogP contribution in [0.2, 0.25) is 0 Å². The Morgan fingerprint density at radius 2 is 0.969 bits per heavy atom. The number of hydrogen-bond donors (Lipinski definition) is 4. The van der Waals surface area contributed by atoms with Crippen molar-refractivity contribution in [3.63, 3.8) is 0 Å². The number of anilines is 1. The first kappa shape index (κ1) is 105. The number of benzene rings is 4. The number of nitrogens with one attached hydrogen (secondary N) is 3. The second-order valence-corrected chi connectivity index (χ2v) is 33.3. The maximum atomic E-state index is 14.4. The standard InChI is InChI=1S/C95H136N4O28/c1-13-82-64(2)65(3)88(96-66(4)100)92(127-82)121-54-52-119-50-48-117-46-44-115-42-24-28-81(106)72-55-71(80(105)27-23-41-114-43-45-116-47-49-118-51-53-120-83-58-73(59-122-68(6)102)90(125-69(7)103)91(126-70(8)104)89(83)97-67(5)101)56-77(57-72)98-84(107)29-21-16-14-15-17-22-30-85(108)99-60-93(9,62-123-87(111)40-39-86(109)110)94(10,61-99)63-124-95(74-25-19-18-20-26-74,75-31-35-78(112-11)36-32-75)76-33-37-79(113-12)38-34-76/h18-20,25-26,31-38,55-57,64-65,73,82-83,88-92H,13-17,21-24,27-30,39-54,58-63H2,1-12H3,(H,96,100)(H,97,101)(H,98,107)(H,109,110)/t64-,65+,73-,82-,83?,88-,89+,90+,91-,92?,93?,94?/m1/s1. The van der Waals surface area contributed by atoms with Crippen molar-refractivity contribution in [1.82, 2.24) is 15.5 Å². The van der Waals surface area contributed by atoms with Gasteiger partial charge in [-0.2, -0.15) is 0 Å². The number of unbranched alkanes of at least 4 members (excludes halogenated alkanes) is 5. The van der Waals surface area contributed by atoms with Gasteiger partial charge in [-0.25, -0.2) is 0 Å². The van der Waals surface area contributed by atoms with E-state index in [0.717, 1.165) is 48.8 Å². The third-order valence-corrected chi connectivity index (χ3v) is 23.5. The number of rotatable bonds is 60. The summed E-state index contributed by atoms with van der Waals surface area (Å²) in [6.45, 7) is 20.4. The summed E-state index contributed by atoms with van der Waals surface area (Å²) in [5.41, 5.74) is 0.449. The van der Waals surface area contributed by atoms with Crippen LogP contribution in [0.1, 0.15) is 209 Å². The van der Waals surface area contributed by atoms with E-state index in [-0.39, 0.29) is 208 Å². The van der Waals surface area contributed by atoms with Crippen LogP contribution in [0.5, 0.6) is 11.5 Å². The fraction of sp³-hybridized carbons (Fsp3) is 0.632. The van der Waals surface area contributed by atoms with E-state index in [4.69, 9.17) is 75.8 Å². The minimum absolute atomic E-state index is 0.0188. The van der Waals surface area contributed by atoms with Gasteiger partial charge in [0.25, 0.3) is 0 Å². The molecule has 1 aliphatic carbocycles. The molecule has 4 N–H and O–H groups in total. The van der Waals surface area contributed by atoms with Gasteiger partial charge in [-0.1, -0.05) is 115 Å². The molecule has 12 atom stereocenters. The van der Waals surface area contributed by atoms with Crippen molar-refractivity contribution in [2.75, 3.05) is 145 Å². The number of carbonyl (C=O) groups is 11. The molecule has 4 unspecified atom stereocenters. The van der Waals surface area contributed by atoms with Crippen LogP contribution in [0.3, 0.4) is 0 Å². The van der Waals surface area contributed by atoms with Crippen molar-refractivity contribution in [3.05, 3.63) is 125 Å². The van der Waals surface area contributed by atoms with Crippen molar-refractivity contribution < 1.29 is 134 Å². The van der Waals surface area contributed by atoms with Crippen LogP contribution >= 0.6 is 0 Å². The van der Waals surface area contributed by atoms with Gasteiger partial charge in [0.1, 0.15) is 23.2 Å². The largest absolute Gasteiger partial charge is 0.497 e. The fourth-order valence-corrected chi connectivity index (χ4v) is 16.2. The number of esters is 4. The normalized spacial score (nSPS) is 21.6. The van der Waals surface area contributed by atoms with Crippen LogP contribution in [-0.4, -0.2) is 257 Å². The SMILES string of the molecule is CC[C@H]1OC(OCCOCCOCCOCCCC(=O)c2cc(NC(=O)CCCCCCCCC(=O)N3CC(C)(COC(=O)CCC(=O)O)C(C)(COC(c4ccccc4)(c4ccc(OC)cc4)c4ccc(OC)cc4)C3)cc(C(=O)CCCOCCOCCOCCOC3C[C@H](COC(C)=O)[C@H](OC(C)=O)[C@H](OC(C)=O)[C@H]3NC(C)=O)c2)[C@H](NC(C)=O)[C@@H](C)[C@H]1C. The zero-order chi connectivity index (χ0) is 92.3. The molecule has 4 aromatic carbocycles. The van der Waals surface area contributed by atoms with E-state index in [1.165, 1.54) is 34.6 Å². The average molecular weight is 1780 g/mol. The topological polar surface area (TPSA) is 395 Å². The Morgan fingerprint density at radius 3 is 1.46 bits per heavy atom. The van der Waals surface area contributed by atoms with Crippen LogP contribution in [0.4, 0.5) is 5.69 Å². The number of ketones is 2. The van der Waals surface area contributed by atoms with Crippen molar-refractivity contribution in [1.29, 1.82) is 0 Å². The van der Waals surface area contributed by atoms with Crippen LogP contribution < -0.4 is 25.4 Å². The van der Waals surface area contributed by atoms with Crippen LogP contribution in [-0.2, 0) is 115 Å². The maximum Gasteiger partial charge on any atom is 0.306 e. The number of ether oxygens (including phenoxy) is 16. The van der Waals surface area contributed by atoms with E-state index in [0.29, 0.717) is 69.3 Å². The number of carbonyl (C=O) groups excluding carboxylic acids is 10. The van der Waals surface area contributed by atoms with E-state index in [2.05, 4.69) is 36.7 Å². The lowest BCUT2D eigenvalue weighted by atomic mass is 9.68. The molecule has 704 valence electrons. The lowest BCUT2D eigenvalue weighted by molar-refractivity contribution is -0.239. The van der Waals surface area contributed by atoms with Gasteiger partial charge in [0.15, 0.2) is 24.0 Å². The van der Waals surface area contributed by atoms with E-state index in [1.807, 2.05) is 97.6 Å². The first-order chi connectivity index (χ1) is 60.9. The number of amides is 4. The fourth-order valence-electron chi connectivity index (χ4n) is 16.2. The minimum Gasteiger partial charge on any atom is -0.497 e. The van der Waals surface area contributed by atoms with Crippen molar-refractivity contribution in [2.45, 2.75) is 220 Å². The first-order valence-electron chi connectivity index (χ1n) is 44.5. The third kappa shape index (κ3) is 34.2. The molecule has 127 heavy (non-hydrogen) atoms. The molecular formula is C95H136N4O28. The number of aliphatic carboxylic acids is 1. The van der Waals surface area contributed by atoms with Crippen LogP contribution in [0.25, 0.3) is 0 Å². The van der Waals surface area contributed by atoms with Gasteiger partial charge in [0.2, 0.25) is 23.6 Å². The number of likely N-dealkylation sites (tertiary alicyclic amines) is 1. The molecule has 0 spiro atoms. The predicted octanol–water partition coefficient (Wildman–Crippen LogP) is 11.3. The Balaban J connectivity index is 0.874. The Labute approximate surface area is 746 Å². The highest BCUT2D eigenvalue weighted by molar-refractivity contribution is 6.04. The quantitative estimate of drug-likeness (QED) is 0.0105. The van der Waals surface area contributed by atoms with Crippen molar-refractivity contribution in [3.8, 4) is 11.5 Å². The number of Topliss-reactive ketones (excluding diaryl/α,β-unsaturated/α-hetero) is 2. The molecule has 4 aromatic rings. The molecule has 7 rings (SSSR count). The summed E-state index contributed by atoms with van der Waals surface area (Å²) in [6.07, 6.45) is 2.43. The smallest absolute Gasteiger partial charge is 0.306 e. The van der Waals surface area contributed by atoms with Gasteiger partial charge in [-0.05, 0) is 110 Å². The highest BCUT2D eigenvalue weighted by Gasteiger charge is 2.56. The Bertz CT molecular complexity index is 4050. The maximum absolute atomic E-state index is 14.4. The minimum atomic E-state index is -1.19. The third-order valence-electron chi connectivity index (χ3n) is 23.5. The summed E-state index contributed by atoms with van der Waals surface area (Å²) in [5.74, 6) is -4.01. The first-order valence-corrected chi connectivity index (χ1v) is 44.5. The molecule has 2 heterocycles. The lowest BCUT2D eigenvalue weighted by Crippen LogP contribution is -2.63. The van der Waals surface area contributed by atoms with Gasteiger partial charge in [-0.15, -0.1) is 0 Å². The van der Waals surface area contributed by atoms with Gasteiger partial charge in [-0.3, -0.25) is 52.7 Å². The Morgan fingerprint density at radius 1 is 0.496 bits per heavy atom. The molecule has 1 saturated carbocycles.